The number of phenolic OH excluding ortho intramolecular Hbond substituents is 2. The summed E-state index contributed by atoms with van der Waals surface area (Å²) >= 11 is 3.90. The number of hydrogen-bond donors (Lipinski definition) is 4. The van der Waals surface area contributed by atoms with E-state index in [1.807, 2.05) is 45.2 Å². The summed E-state index contributed by atoms with van der Waals surface area (Å²) in [5.41, 5.74) is -1.00. The minimum atomic E-state index is -1.38. The van der Waals surface area contributed by atoms with Gasteiger partial charge in [0.2, 0.25) is 11.8 Å². The van der Waals surface area contributed by atoms with Crippen LogP contribution in [0.25, 0.3) is 11.1 Å². The van der Waals surface area contributed by atoms with Gasteiger partial charge in [0, 0.05) is 37.8 Å². The summed E-state index contributed by atoms with van der Waals surface area (Å²) < 4.78 is 11.3. The number of benzene rings is 2. The fourth-order valence-electron chi connectivity index (χ4n) is 4.43. The molecule has 0 spiro atoms. The molecule has 218 valence electrons. The lowest BCUT2D eigenvalue weighted by molar-refractivity contribution is -0.152. The topological polar surface area (TPSA) is 151 Å². The largest absolute Gasteiger partial charge is 0.506 e. The fourth-order valence-corrected chi connectivity index (χ4v) is 5.82. The number of aromatic hydroxyl groups is 2. The minimum absolute atomic E-state index is 0.0513. The van der Waals surface area contributed by atoms with E-state index in [0.29, 0.717) is 18.3 Å². The number of halogens is 2. The average Bonchev–Trinajstić information content (AvgIpc) is 2.82. The molecular formula is C28H34I2N2O8. The molecule has 2 aromatic rings. The van der Waals surface area contributed by atoms with Crippen molar-refractivity contribution >= 4 is 68.9 Å². The summed E-state index contributed by atoms with van der Waals surface area (Å²) in [5.74, 6) is -2.23. The smallest absolute Gasteiger partial charge is 0.331 e. The van der Waals surface area contributed by atoms with Crippen molar-refractivity contribution in [2.45, 2.75) is 65.5 Å². The van der Waals surface area contributed by atoms with Gasteiger partial charge in [-0.25, -0.2) is 9.59 Å². The van der Waals surface area contributed by atoms with Gasteiger partial charge in [0.1, 0.15) is 22.6 Å². The minimum Gasteiger partial charge on any atom is -0.506 e. The number of rotatable bonds is 11. The van der Waals surface area contributed by atoms with Gasteiger partial charge in [-0.3, -0.25) is 9.59 Å². The van der Waals surface area contributed by atoms with Crippen LogP contribution in [-0.4, -0.2) is 58.3 Å². The molecule has 2 aromatic carbocycles. The summed E-state index contributed by atoms with van der Waals surface area (Å²) in [6, 6.07) is 6.62. The van der Waals surface area contributed by atoms with Crippen molar-refractivity contribution in [2.24, 2.45) is 0 Å². The van der Waals surface area contributed by atoms with Gasteiger partial charge in [-0.1, -0.05) is 0 Å². The van der Waals surface area contributed by atoms with Crippen LogP contribution in [0, 0.1) is 7.14 Å². The van der Waals surface area contributed by atoms with E-state index in [0.717, 1.165) is 0 Å². The third-order valence-corrected chi connectivity index (χ3v) is 7.65. The zero-order chi connectivity index (χ0) is 30.4. The first-order valence-corrected chi connectivity index (χ1v) is 14.7. The van der Waals surface area contributed by atoms with Crippen LogP contribution in [0.2, 0.25) is 0 Å². The third-order valence-electron chi connectivity index (χ3n) is 6.01. The number of nitrogens with one attached hydrogen (secondary N) is 2. The molecule has 0 saturated heterocycles. The van der Waals surface area contributed by atoms with Gasteiger partial charge in [-0.05, 0) is 108 Å². The van der Waals surface area contributed by atoms with E-state index in [1.165, 1.54) is 13.8 Å². The van der Waals surface area contributed by atoms with Crippen LogP contribution < -0.4 is 10.6 Å². The van der Waals surface area contributed by atoms with Crippen molar-refractivity contribution in [1.29, 1.82) is 0 Å². The molecular weight excluding hydrogens is 746 g/mol. The van der Waals surface area contributed by atoms with Crippen molar-refractivity contribution in [1.82, 2.24) is 10.6 Å². The molecule has 10 nitrogen and oxygen atoms in total. The number of carbonyl (C=O) groups is 4. The van der Waals surface area contributed by atoms with Gasteiger partial charge >= 0.3 is 11.9 Å². The van der Waals surface area contributed by atoms with E-state index < -0.39 is 34.8 Å². The number of carbonyl (C=O) groups excluding carboxylic acids is 4. The second-order valence-corrected chi connectivity index (χ2v) is 12.1. The lowest BCUT2D eigenvalue weighted by atomic mass is 9.88. The van der Waals surface area contributed by atoms with E-state index in [2.05, 4.69) is 10.6 Å². The highest BCUT2D eigenvalue weighted by Gasteiger charge is 2.38. The Morgan fingerprint density at radius 1 is 0.725 bits per heavy atom. The highest BCUT2D eigenvalue weighted by molar-refractivity contribution is 14.1. The maximum Gasteiger partial charge on any atom is 0.331 e. The number of amides is 2. The second-order valence-electron chi connectivity index (χ2n) is 9.77. The van der Waals surface area contributed by atoms with Crippen LogP contribution >= 0.6 is 45.2 Å². The first-order chi connectivity index (χ1) is 18.6. The predicted molar refractivity (Wildman–Crippen MR) is 166 cm³/mol. The van der Waals surface area contributed by atoms with Crippen molar-refractivity contribution in [3.63, 3.8) is 0 Å². The van der Waals surface area contributed by atoms with Gasteiger partial charge in [-0.2, -0.15) is 0 Å². The Balaban J connectivity index is 2.65. The SMILES string of the molecule is CCOC(=O)[C@](C)(Cc1cc(I)c(O)c(-c2cc(C[C@](C)(NC(C)=O)C(=O)OCC)cc(I)c2O)c1)NC(C)=O. The molecule has 0 aliphatic carbocycles. The van der Waals surface area contributed by atoms with Crippen molar-refractivity contribution < 1.29 is 38.9 Å². The lowest BCUT2D eigenvalue weighted by Gasteiger charge is -2.29. The Morgan fingerprint density at radius 3 is 1.32 bits per heavy atom. The van der Waals surface area contributed by atoms with Gasteiger partial charge in [0.25, 0.3) is 0 Å². The van der Waals surface area contributed by atoms with Crippen molar-refractivity contribution in [2.75, 3.05) is 13.2 Å². The van der Waals surface area contributed by atoms with E-state index in [1.54, 1.807) is 52.0 Å². The highest BCUT2D eigenvalue weighted by atomic mass is 127. The summed E-state index contributed by atoms with van der Waals surface area (Å²) in [7, 11) is 0. The first-order valence-electron chi connectivity index (χ1n) is 12.5. The van der Waals surface area contributed by atoms with Crippen LogP contribution in [0.15, 0.2) is 24.3 Å². The van der Waals surface area contributed by atoms with E-state index in [-0.39, 0.29) is 48.7 Å². The molecule has 0 unspecified atom stereocenters. The maximum absolute atomic E-state index is 12.8. The predicted octanol–water partition coefficient (Wildman–Crippen LogP) is 3.97. The molecule has 0 aliphatic rings. The van der Waals surface area contributed by atoms with Crippen molar-refractivity contribution in [3.8, 4) is 22.6 Å². The molecule has 0 radical (unpaired) electrons. The van der Waals surface area contributed by atoms with Gasteiger partial charge in [0.05, 0.1) is 20.4 Å². The molecule has 0 fully saturated rings. The summed E-state index contributed by atoms with van der Waals surface area (Å²) in [4.78, 5) is 49.3. The summed E-state index contributed by atoms with van der Waals surface area (Å²) in [6.45, 7) is 9.34. The van der Waals surface area contributed by atoms with Crippen LogP contribution in [0.4, 0.5) is 0 Å². The molecule has 0 aromatic heterocycles. The average molecular weight is 780 g/mol. The number of esters is 2. The molecule has 0 aliphatic heterocycles. The second kappa shape index (κ2) is 13.8. The number of ether oxygens (including phenoxy) is 2. The molecule has 0 saturated carbocycles. The van der Waals surface area contributed by atoms with E-state index >= 15 is 0 Å². The van der Waals surface area contributed by atoms with Crippen LogP contribution in [0.3, 0.4) is 0 Å². The first kappa shape index (κ1) is 33.6. The Hall–Kier alpha value is -2.62. The maximum atomic E-state index is 12.8. The van der Waals surface area contributed by atoms with Gasteiger partial charge < -0.3 is 30.3 Å². The lowest BCUT2D eigenvalue weighted by Crippen LogP contribution is -2.54. The molecule has 2 atom stereocenters. The standard InChI is InChI=1S/C28H34I2N2O8/c1-7-39-25(37)27(5,31-15(3)33)13-17-9-19(23(35)21(29)11-17)20-10-18(12-22(30)24(20)36)14-28(6,32-16(4)34)26(38)40-8-2/h9-12,35-36H,7-8,13-14H2,1-6H3,(H,31,33)(H,32,34)/t27-,28-/m0/s1. The fraction of sp³-hybridized carbons (Fsp3) is 0.429. The van der Waals surface area contributed by atoms with Crippen LogP contribution in [-0.2, 0) is 41.5 Å². The van der Waals surface area contributed by atoms with Crippen molar-refractivity contribution in [3.05, 3.63) is 42.5 Å². The van der Waals surface area contributed by atoms with Gasteiger partial charge in [0.15, 0.2) is 0 Å². The highest BCUT2D eigenvalue weighted by Crippen LogP contribution is 2.42. The zero-order valence-corrected chi connectivity index (χ0v) is 27.6. The Bertz CT molecular complexity index is 1220. The molecule has 40 heavy (non-hydrogen) atoms. The normalized spacial score (nSPS) is 13.9. The summed E-state index contributed by atoms with van der Waals surface area (Å²) in [5, 5.41) is 27.4. The molecule has 4 N–H and O–H groups in total. The molecule has 2 amide bonds. The monoisotopic (exact) mass is 780 g/mol. The van der Waals surface area contributed by atoms with Crippen LogP contribution in [0.5, 0.6) is 11.5 Å². The van der Waals surface area contributed by atoms with E-state index in [4.69, 9.17) is 9.47 Å². The molecule has 12 heteroatoms. The number of phenols is 2. The Labute approximate surface area is 260 Å². The molecule has 0 bridgehead atoms. The quantitative estimate of drug-likeness (QED) is 0.198. The zero-order valence-electron chi connectivity index (χ0n) is 23.2. The van der Waals surface area contributed by atoms with E-state index in [9.17, 15) is 29.4 Å². The Morgan fingerprint density at radius 2 is 1.05 bits per heavy atom. The molecule has 0 heterocycles. The Kier molecular flexibility index (Phi) is 11.6. The summed E-state index contributed by atoms with van der Waals surface area (Å²) in [6.07, 6.45) is 0.103. The number of hydrogen-bond acceptors (Lipinski definition) is 8. The van der Waals surface area contributed by atoms with Crippen LogP contribution in [0.1, 0.15) is 52.7 Å². The van der Waals surface area contributed by atoms with Gasteiger partial charge in [-0.15, -0.1) is 0 Å². The molecule has 2 rings (SSSR count). The third kappa shape index (κ3) is 8.21.